The van der Waals surface area contributed by atoms with Crippen molar-refractivity contribution in [2.45, 2.75) is 6.54 Å². The fourth-order valence-electron chi connectivity index (χ4n) is 2.81. The van der Waals surface area contributed by atoms with Gasteiger partial charge in [0.2, 0.25) is 0 Å². The van der Waals surface area contributed by atoms with Gasteiger partial charge in [-0.15, -0.1) is 0 Å². The van der Waals surface area contributed by atoms with Crippen LogP contribution in [0.2, 0.25) is 0 Å². The smallest absolute Gasteiger partial charge is 0.274 e. The maximum atomic E-state index is 12.5. The van der Waals surface area contributed by atoms with Crippen molar-refractivity contribution in [3.63, 3.8) is 0 Å². The molecule has 0 bridgehead atoms. The number of fused-ring (bicyclic) bond motifs is 1. The number of para-hydroxylation sites is 1. The van der Waals surface area contributed by atoms with E-state index in [4.69, 9.17) is 4.74 Å². The minimum atomic E-state index is -0.486. The molecule has 0 atom stereocenters. The molecule has 0 aliphatic rings. The number of carbonyl (C=O) groups is 1. The average molecular weight is 450 g/mol. The number of amides is 1. The average Bonchev–Trinajstić information content (AvgIpc) is 2.76. The van der Waals surface area contributed by atoms with Crippen molar-refractivity contribution in [3.05, 3.63) is 88.8 Å². The Hall–Kier alpha value is -3.45. The predicted molar refractivity (Wildman–Crippen MR) is 113 cm³/mol. The molecule has 7 heteroatoms. The molecule has 0 spiro atoms. The number of aromatic hydroxyl groups is 1. The number of hydrogen-bond acceptors (Lipinski definition) is 5. The van der Waals surface area contributed by atoms with Crippen molar-refractivity contribution < 1.29 is 14.6 Å². The highest BCUT2D eigenvalue weighted by Gasteiger charge is 2.18. The molecule has 0 radical (unpaired) electrons. The number of aromatic nitrogens is 2. The van der Waals surface area contributed by atoms with Crippen LogP contribution < -0.4 is 10.1 Å². The fourth-order valence-corrected chi connectivity index (χ4v) is 3.31. The van der Waals surface area contributed by atoms with E-state index in [0.717, 1.165) is 11.3 Å². The van der Waals surface area contributed by atoms with Crippen LogP contribution in [0.4, 0.5) is 0 Å². The van der Waals surface area contributed by atoms with Crippen molar-refractivity contribution in [1.82, 2.24) is 15.3 Å². The zero-order valence-corrected chi connectivity index (χ0v) is 16.8. The van der Waals surface area contributed by atoms with Gasteiger partial charge in [-0.2, -0.15) is 0 Å². The summed E-state index contributed by atoms with van der Waals surface area (Å²) >= 11 is 3.33. The van der Waals surface area contributed by atoms with Crippen LogP contribution in [-0.2, 0) is 6.54 Å². The molecular weight excluding hydrogens is 434 g/mol. The molecule has 4 aromatic rings. The van der Waals surface area contributed by atoms with Crippen LogP contribution in [0.15, 0.2) is 77.5 Å². The number of nitrogens with one attached hydrogen (secondary N) is 1. The van der Waals surface area contributed by atoms with Gasteiger partial charge in [0.05, 0.1) is 0 Å². The fraction of sp³-hybridized carbons (Fsp3) is 0.0455. The van der Waals surface area contributed by atoms with E-state index in [1.54, 1.807) is 18.3 Å². The Morgan fingerprint density at radius 3 is 2.48 bits per heavy atom. The van der Waals surface area contributed by atoms with Crippen molar-refractivity contribution in [2.24, 2.45) is 0 Å². The summed E-state index contributed by atoms with van der Waals surface area (Å²) in [7, 11) is 0. The minimum absolute atomic E-state index is 0.0768. The van der Waals surface area contributed by atoms with Gasteiger partial charge < -0.3 is 15.2 Å². The van der Waals surface area contributed by atoms with Gasteiger partial charge in [0.25, 0.3) is 5.91 Å². The molecule has 2 N–H and O–H groups in total. The highest BCUT2D eigenvalue weighted by molar-refractivity contribution is 9.10. The number of hydrogen-bond donors (Lipinski definition) is 2. The van der Waals surface area contributed by atoms with E-state index in [9.17, 15) is 9.90 Å². The molecule has 4 rings (SSSR count). The van der Waals surface area contributed by atoms with Crippen LogP contribution in [0, 0.1) is 0 Å². The van der Waals surface area contributed by atoms with Gasteiger partial charge in [0.15, 0.2) is 11.4 Å². The monoisotopic (exact) mass is 449 g/mol. The summed E-state index contributed by atoms with van der Waals surface area (Å²) in [6, 6.07) is 20.4. The molecule has 0 unspecified atom stereocenters. The van der Waals surface area contributed by atoms with Gasteiger partial charge in [-0.3, -0.25) is 9.78 Å². The summed E-state index contributed by atoms with van der Waals surface area (Å²) in [5, 5.41) is 13.8. The van der Waals surface area contributed by atoms with E-state index in [2.05, 4.69) is 31.2 Å². The van der Waals surface area contributed by atoms with Crippen LogP contribution in [0.3, 0.4) is 0 Å². The lowest BCUT2D eigenvalue weighted by Crippen LogP contribution is -2.24. The van der Waals surface area contributed by atoms with Gasteiger partial charge in [-0.1, -0.05) is 30.3 Å². The highest BCUT2D eigenvalue weighted by Crippen LogP contribution is 2.30. The number of carbonyl (C=O) groups excluding carboxylic acids is 1. The molecule has 2 aromatic heterocycles. The Morgan fingerprint density at radius 1 is 1.00 bits per heavy atom. The Morgan fingerprint density at radius 2 is 1.72 bits per heavy atom. The van der Waals surface area contributed by atoms with Crippen LogP contribution in [-0.4, -0.2) is 21.0 Å². The number of halogens is 1. The van der Waals surface area contributed by atoms with E-state index in [1.807, 2.05) is 54.6 Å². The number of rotatable bonds is 5. The summed E-state index contributed by atoms with van der Waals surface area (Å²) in [4.78, 5) is 20.8. The maximum Gasteiger partial charge on any atom is 0.274 e. The molecule has 1 amide bonds. The molecule has 0 aliphatic carbocycles. The molecule has 29 heavy (non-hydrogen) atoms. The second-order valence-electron chi connectivity index (χ2n) is 6.24. The molecule has 144 valence electrons. The molecule has 0 saturated carbocycles. The zero-order chi connectivity index (χ0) is 20.2. The van der Waals surface area contributed by atoms with E-state index in [1.165, 1.54) is 0 Å². The van der Waals surface area contributed by atoms with E-state index < -0.39 is 5.91 Å². The Kier molecular flexibility index (Phi) is 5.39. The van der Waals surface area contributed by atoms with E-state index >= 15 is 0 Å². The topological polar surface area (TPSA) is 84.3 Å². The first-order valence-corrected chi connectivity index (χ1v) is 9.64. The predicted octanol–water partition coefficient (Wildman–Crippen LogP) is 4.82. The normalized spacial score (nSPS) is 10.7. The first-order chi connectivity index (χ1) is 14.1. The van der Waals surface area contributed by atoms with Crippen LogP contribution >= 0.6 is 15.9 Å². The van der Waals surface area contributed by atoms with E-state index in [-0.39, 0.29) is 18.0 Å². The summed E-state index contributed by atoms with van der Waals surface area (Å²) < 4.78 is 6.21. The van der Waals surface area contributed by atoms with Gasteiger partial charge in [0, 0.05) is 18.1 Å². The third kappa shape index (κ3) is 4.20. The zero-order valence-electron chi connectivity index (χ0n) is 15.2. The van der Waals surface area contributed by atoms with Crippen molar-refractivity contribution in [3.8, 4) is 17.2 Å². The molecular formula is C22H16BrN3O3. The molecule has 2 heterocycles. The number of benzene rings is 2. The Bertz CT molecular complexity index is 1170. The molecule has 0 saturated heterocycles. The summed E-state index contributed by atoms with van der Waals surface area (Å²) in [5.41, 5.74) is 1.13. The molecule has 2 aromatic carbocycles. The molecule has 6 nitrogen and oxygen atoms in total. The maximum absolute atomic E-state index is 12.5. The van der Waals surface area contributed by atoms with Gasteiger partial charge in [-0.05, 0) is 57.9 Å². The molecule has 0 aliphatic heterocycles. The highest BCUT2D eigenvalue weighted by atomic mass is 79.9. The van der Waals surface area contributed by atoms with Gasteiger partial charge in [-0.25, -0.2) is 4.98 Å². The largest absolute Gasteiger partial charge is 0.504 e. The summed E-state index contributed by atoms with van der Waals surface area (Å²) in [5.74, 6) is 0.731. The van der Waals surface area contributed by atoms with Crippen LogP contribution in [0.1, 0.15) is 16.1 Å². The second kappa shape index (κ2) is 8.28. The quantitative estimate of drug-likeness (QED) is 0.426. The van der Waals surface area contributed by atoms with E-state index in [0.29, 0.717) is 21.3 Å². The number of pyridine rings is 2. The first-order valence-electron chi connectivity index (χ1n) is 8.85. The standard InChI is InChI=1S/C22H16BrN3O3/c23-21-17-7-4-12-24-18(17)20(27)19(26-21)22(28)25-13-14-8-10-16(11-9-14)29-15-5-2-1-3-6-15/h1-12,27H,13H2,(H,25,28). The van der Waals surface area contributed by atoms with Crippen molar-refractivity contribution >= 4 is 32.7 Å². The third-order valence-corrected chi connectivity index (χ3v) is 4.86. The lowest BCUT2D eigenvalue weighted by Gasteiger charge is -2.10. The van der Waals surface area contributed by atoms with Crippen molar-refractivity contribution in [1.29, 1.82) is 0 Å². The Balaban J connectivity index is 1.45. The lowest BCUT2D eigenvalue weighted by atomic mass is 10.2. The third-order valence-electron chi connectivity index (χ3n) is 4.26. The minimum Gasteiger partial charge on any atom is -0.504 e. The number of ether oxygens (including phenoxy) is 1. The summed E-state index contributed by atoms with van der Waals surface area (Å²) in [6.45, 7) is 0.281. The lowest BCUT2D eigenvalue weighted by molar-refractivity contribution is 0.0943. The first kappa shape index (κ1) is 18.9. The Labute approximate surface area is 175 Å². The second-order valence-corrected chi connectivity index (χ2v) is 6.99. The van der Waals surface area contributed by atoms with Crippen LogP contribution in [0.25, 0.3) is 10.9 Å². The van der Waals surface area contributed by atoms with Crippen LogP contribution in [0.5, 0.6) is 17.2 Å². The van der Waals surface area contributed by atoms with Gasteiger partial charge >= 0.3 is 0 Å². The van der Waals surface area contributed by atoms with Gasteiger partial charge in [0.1, 0.15) is 21.6 Å². The SMILES string of the molecule is O=C(NCc1ccc(Oc2ccccc2)cc1)c1nc(Br)c2cccnc2c1O. The summed E-state index contributed by atoms with van der Waals surface area (Å²) in [6.07, 6.45) is 1.55. The molecule has 0 fully saturated rings. The number of nitrogens with zero attached hydrogens (tertiary/aromatic N) is 2. The van der Waals surface area contributed by atoms with Crippen molar-refractivity contribution in [2.75, 3.05) is 0 Å².